The highest BCUT2D eigenvalue weighted by Gasteiger charge is 2.21. The Labute approximate surface area is 147 Å². The summed E-state index contributed by atoms with van der Waals surface area (Å²) in [5.74, 6) is 1.29. The van der Waals surface area contributed by atoms with E-state index in [-0.39, 0.29) is 17.2 Å². The van der Waals surface area contributed by atoms with Crippen LogP contribution in [0, 0.1) is 5.82 Å². The summed E-state index contributed by atoms with van der Waals surface area (Å²) < 4.78 is 24.0. The Bertz CT molecular complexity index is 760. The molecule has 0 saturated heterocycles. The highest BCUT2D eigenvalue weighted by Crippen LogP contribution is 2.29. The van der Waals surface area contributed by atoms with E-state index in [4.69, 9.17) is 15.2 Å². The van der Waals surface area contributed by atoms with Crippen LogP contribution in [0.25, 0.3) is 0 Å². The van der Waals surface area contributed by atoms with Crippen LogP contribution in [-0.2, 0) is 5.41 Å². The lowest BCUT2D eigenvalue weighted by Crippen LogP contribution is -2.28. The van der Waals surface area contributed by atoms with E-state index in [1.54, 1.807) is 38.5 Å². The molecule has 0 radical (unpaired) electrons. The van der Waals surface area contributed by atoms with E-state index < -0.39 is 0 Å². The Hall–Kier alpha value is -2.76. The molecule has 5 nitrogen and oxygen atoms in total. The molecule has 0 aliphatic carbocycles. The number of hydrogen-bond donors (Lipinski definition) is 2. The van der Waals surface area contributed by atoms with Crippen LogP contribution < -0.4 is 20.5 Å². The smallest absolute Gasteiger partial charge is 0.193 e. The van der Waals surface area contributed by atoms with Crippen LogP contribution in [0.1, 0.15) is 19.4 Å². The number of aliphatic imine (C=N–C) groups is 1. The lowest BCUT2D eigenvalue weighted by atomic mass is 9.85. The summed E-state index contributed by atoms with van der Waals surface area (Å²) >= 11 is 0. The third kappa shape index (κ3) is 4.86. The van der Waals surface area contributed by atoms with Gasteiger partial charge in [0.05, 0.1) is 26.5 Å². The third-order valence-electron chi connectivity index (χ3n) is 3.92. The summed E-state index contributed by atoms with van der Waals surface area (Å²) in [7, 11) is 3.16. The highest BCUT2D eigenvalue weighted by atomic mass is 19.1. The van der Waals surface area contributed by atoms with Crippen molar-refractivity contribution in [1.82, 2.24) is 0 Å². The number of benzene rings is 2. The van der Waals surface area contributed by atoms with E-state index in [1.807, 2.05) is 19.9 Å². The minimum Gasteiger partial charge on any atom is -0.497 e. The van der Waals surface area contributed by atoms with Crippen LogP contribution in [0.3, 0.4) is 0 Å². The largest absolute Gasteiger partial charge is 0.497 e. The number of hydrogen-bond acceptors (Lipinski definition) is 3. The maximum atomic E-state index is 13.4. The topological polar surface area (TPSA) is 68.9 Å². The Morgan fingerprint density at radius 3 is 2.56 bits per heavy atom. The molecule has 0 heterocycles. The molecule has 0 saturated carbocycles. The van der Waals surface area contributed by atoms with Gasteiger partial charge in [0, 0.05) is 11.5 Å². The van der Waals surface area contributed by atoms with Gasteiger partial charge in [-0.2, -0.15) is 0 Å². The van der Waals surface area contributed by atoms with Gasteiger partial charge in [0.2, 0.25) is 0 Å². The van der Waals surface area contributed by atoms with Crippen molar-refractivity contribution in [3.8, 4) is 11.5 Å². The average Bonchev–Trinajstić information content (AvgIpc) is 2.60. The number of ether oxygens (including phenoxy) is 2. The molecule has 2 aromatic rings. The summed E-state index contributed by atoms with van der Waals surface area (Å²) in [6.45, 7) is 4.39. The second-order valence-corrected chi connectivity index (χ2v) is 6.29. The monoisotopic (exact) mass is 345 g/mol. The summed E-state index contributed by atoms with van der Waals surface area (Å²) in [6.07, 6.45) is 0. The summed E-state index contributed by atoms with van der Waals surface area (Å²) in [4.78, 5) is 4.39. The molecule has 0 aliphatic heterocycles. The zero-order valence-corrected chi connectivity index (χ0v) is 15.0. The molecule has 134 valence electrons. The molecule has 2 rings (SSSR count). The molecule has 2 aromatic carbocycles. The van der Waals surface area contributed by atoms with Crippen LogP contribution in [-0.4, -0.2) is 26.7 Å². The molecule has 0 fully saturated rings. The predicted molar refractivity (Wildman–Crippen MR) is 99.1 cm³/mol. The molecule has 25 heavy (non-hydrogen) atoms. The fourth-order valence-electron chi connectivity index (χ4n) is 2.37. The Balaban J connectivity index is 2.14. The maximum Gasteiger partial charge on any atom is 0.193 e. The number of anilines is 1. The fraction of sp³-hybridized carbons (Fsp3) is 0.316. The van der Waals surface area contributed by atoms with Gasteiger partial charge < -0.3 is 20.5 Å². The quantitative estimate of drug-likeness (QED) is 0.620. The van der Waals surface area contributed by atoms with E-state index in [2.05, 4.69) is 10.3 Å². The number of halogens is 1. The number of nitrogens with two attached hydrogens (primary N) is 1. The SMILES string of the molecule is COc1ccc(OC)c(NC(N)=NCC(C)(C)c2cccc(F)c2)c1. The van der Waals surface area contributed by atoms with Crippen molar-refractivity contribution in [1.29, 1.82) is 0 Å². The van der Waals surface area contributed by atoms with Gasteiger partial charge in [-0.15, -0.1) is 0 Å². The number of methoxy groups -OCH3 is 2. The van der Waals surface area contributed by atoms with Crippen LogP contribution in [0.4, 0.5) is 10.1 Å². The molecule has 0 bridgehead atoms. The summed E-state index contributed by atoms with van der Waals surface area (Å²) in [5.41, 5.74) is 7.17. The Morgan fingerprint density at radius 2 is 1.92 bits per heavy atom. The number of guanidine groups is 1. The van der Waals surface area contributed by atoms with Gasteiger partial charge in [-0.3, -0.25) is 4.99 Å². The Kier molecular flexibility index (Phi) is 5.85. The number of rotatable bonds is 6. The molecular weight excluding hydrogens is 321 g/mol. The normalized spacial score (nSPS) is 12.0. The standard InChI is InChI=1S/C19H24FN3O2/c1-19(2,13-6-5-7-14(20)10-13)12-22-18(21)23-16-11-15(24-3)8-9-17(16)25-4/h5-11H,12H2,1-4H3,(H3,21,22,23). The first-order valence-corrected chi connectivity index (χ1v) is 7.91. The average molecular weight is 345 g/mol. The lowest BCUT2D eigenvalue weighted by Gasteiger charge is -2.23. The minimum atomic E-state index is -0.354. The van der Waals surface area contributed by atoms with E-state index in [0.29, 0.717) is 23.7 Å². The maximum absolute atomic E-state index is 13.4. The fourth-order valence-corrected chi connectivity index (χ4v) is 2.37. The van der Waals surface area contributed by atoms with Crippen molar-refractivity contribution in [3.05, 3.63) is 53.8 Å². The van der Waals surface area contributed by atoms with Gasteiger partial charge in [0.1, 0.15) is 17.3 Å². The van der Waals surface area contributed by atoms with Gasteiger partial charge in [0.25, 0.3) is 0 Å². The zero-order chi connectivity index (χ0) is 18.4. The van der Waals surface area contributed by atoms with Gasteiger partial charge in [0.15, 0.2) is 5.96 Å². The van der Waals surface area contributed by atoms with Gasteiger partial charge >= 0.3 is 0 Å². The summed E-state index contributed by atoms with van der Waals surface area (Å²) in [5, 5.41) is 3.02. The van der Waals surface area contributed by atoms with Crippen LogP contribution in [0.2, 0.25) is 0 Å². The van der Waals surface area contributed by atoms with Gasteiger partial charge in [-0.05, 0) is 29.8 Å². The molecule has 0 spiro atoms. The molecule has 0 aliphatic rings. The van der Waals surface area contributed by atoms with Gasteiger partial charge in [-0.1, -0.05) is 26.0 Å². The van der Waals surface area contributed by atoms with E-state index >= 15 is 0 Å². The predicted octanol–water partition coefficient (Wildman–Crippen LogP) is 3.55. The van der Waals surface area contributed by atoms with Crippen molar-refractivity contribution < 1.29 is 13.9 Å². The minimum absolute atomic E-state index is 0.246. The number of nitrogens with one attached hydrogen (secondary N) is 1. The van der Waals surface area contributed by atoms with Crippen molar-refractivity contribution in [2.45, 2.75) is 19.3 Å². The molecule has 0 atom stereocenters. The van der Waals surface area contributed by atoms with Crippen molar-refractivity contribution in [3.63, 3.8) is 0 Å². The van der Waals surface area contributed by atoms with Crippen molar-refractivity contribution in [2.24, 2.45) is 10.7 Å². The molecule has 3 N–H and O–H groups in total. The van der Waals surface area contributed by atoms with Crippen LogP contribution >= 0.6 is 0 Å². The Morgan fingerprint density at radius 1 is 1.16 bits per heavy atom. The van der Waals surface area contributed by atoms with Gasteiger partial charge in [-0.25, -0.2) is 4.39 Å². The molecular formula is C19H24FN3O2. The van der Waals surface area contributed by atoms with Crippen molar-refractivity contribution in [2.75, 3.05) is 26.1 Å². The molecule has 6 heteroatoms. The van der Waals surface area contributed by atoms with Crippen LogP contribution in [0.5, 0.6) is 11.5 Å². The molecule has 0 unspecified atom stereocenters. The first kappa shape index (κ1) is 18.6. The highest BCUT2D eigenvalue weighted by molar-refractivity contribution is 5.94. The molecule has 0 amide bonds. The number of nitrogens with zero attached hydrogens (tertiary/aromatic N) is 1. The zero-order valence-electron chi connectivity index (χ0n) is 15.0. The van der Waals surface area contributed by atoms with Crippen molar-refractivity contribution >= 4 is 11.6 Å². The second kappa shape index (κ2) is 7.88. The first-order valence-electron chi connectivity index (χ1n) is 7.91. The van der Waals surface area contributed by atoms with E-state index in [9.17, 15) is 4.39 Å². The van der Waals surface area contributed by atoms with E-state index in [0.717, 1.165) is 5.56 Å². The molecule has 0 aromatic heterocycles. The third-order valence-corrected chi connectivity index (χ3v) is 3.92. The van der Waals surface area contributed by atoms with E-state index in [1.165, 1.54) is 12.1 Å². The second-order valence-electron chi connectivity index (χ2n) is 6.29. The summed E-state index contributed by atoms with van der Waals surface area (Å²) in [6, 6.07) is 11.9. The first-order chi connectivity index (χ1) is 11.9. The van der Waals surface area contributed by atoms with Crippen LogP contribution in [0.15, 0.2) is 47.5 Å². The lowest BCUT2D eigenvalue weighted by molar-refractivity contribution is 0.405.